The predicted octanol–water partition coefficient (Wildman–Crippen LogP) is 2.43. The third-order valence-corrected chi connectivity index (χ3v) is 4.56. The van der Waals surface area contributed by atoms with E-state index >= 15 is 0 Å². The molecule has 1 aromatic heterocycles. The molecule has 2 bridgehead atoms. The molecule has 3 rings (SSSR count). The Morgan fingerprint density at radius 2 is 2.44 bits per heavy atom. The standard InChI is InChI=1S/C11H16N2OS.ClH/c1-13-9-3-2-8(6-9)10(13)7-14-11-12-4-5-15-11;/h4-5,8-10H,2-3,6-7H2,1H3;1H/t8-,9+,10-;/m0./s1. The highest BCUT2D eigenvalue weighted by Crippen LogP contribution is 2.41. The molecule has 1 saturated heterocycles. The van der Waals surface area contributed by atoms with Gasteiger partial charge >= 0.3 is 0 Å². The molecule has 5 heteroatoms. The van der Waals surface area contributed by atoms with E-state index in [4.69, 9.17) is 4.74 Å². The van der Waals surface area contributed by atoms with Gasteiger partial charge in [-0.1, -0.05) is 11.3 Å². The molecule has 2 aliphatic rings. The van der Waals surface area contributed by atoms with Gasteiger partial charge in [0.15, 0.2) is 0 Å². The van der Waals surface area contributed by atoms with Crippen molar-refractivity contribution in [3.63, 3.8) is 0 Å². The molecule has 1 saturated carbocycles. The summed E-state index contributed by atoms with van der Waals surface area (Å²) in [6, 6.07) is 1.44. The van der Waals surface area contributed by atoms with Crippen LogP contribution in [-0.2, 0) is 0 Å². The summed E-state index contributed by atoms with van der Waals surface area (Å²) in [6.45, 7) is 0.811. The average Bonchev–Trinajstić information content (AvgIpc) is 2.92. The van der Waals surface area contributed by atoms with Gasteiger partial charge in [0.05, 0.1) is 0 Å². The topological polar surface area (TPSA) is 25.4 Å². The van der Waals surface area contributed by atoms with Crippen molar-refractivity contribution in [3.8, 4) is 5.19 Å². The van der Waals surface area contributed by atoms with Gasteiger partial charge in [-0.05, 0) is 32.2 Å². The third kappa shape index (κ3) is 2.06. The Morgan fingerprint density at radius 1 is 1.56 bits per heavy atom. The van der Waals surface area contributed by atoms with E-state index in [-0.39, 0.29) is 12.4 Å². The summed E-state index contributed by atoms with van der Waals surface area (Å²) in [5, 5.41) is 2.77. The van der Waals surface area contributed by atoms with E-state index in [1.165, 1.54) is 19.3 Å². The molecule has 0 unspecified atom stereocenters. The molecule has 0 aromatic carbocycles. The second-order valence-electron chi connectivity index (χ2n) is 4.57. The van der Waals surface area contributed by atoms with Crippen LogP contribution in [0.15, 0.2) is 11.6 Å². The number of rotatable bonds is 3. The first-order valence-corrected chi connectivity index (χ1v) is 6.47. The Hall–Kier alpha value is -0.320. The molecule has 0 radical (unpaired) electrons. The van der Waals surface area contributed by atoms with Gasteiger partial charge in [-0.3, -0.25) is 4.90 Å². The molecule has 16 heavy (non-hydrogen) atoms. The maximum Gasteiger partial charge on any atom is 0.273 e. The first kappa shape index (κ1) is 12.1. The van der Waals surface area contributed by atoms with Crippen LogP contribution in [0.1, 0.15) is 19.3 Å². The molecule has 2 heterocycles. The van der Waals surface area contributed by atoms with Crippen LogP contribution in [-0.4, -0.2) is 35.6 Å². The van der Waals surface area contributed by atoms with Crippen LogP contribution in [0, 0.1) is 5.92 Å². The Balaban J connectivity index is 0.000000963. The van der Waals surface area contributed by atoms with Crippen molar-refractivity contribution < 1.29 is 4.74 Å². The zero-order valence-corrected chi connectivity index (χ0v) is 11.0. The number of nitrogens with zero attached hydrogens (tertiary/aromatic N) is 2. The van der Waals surface area contributed by atoms with Crippen LogP contribution < -0.4 is 4.74 Å². The number of aromatic nitrogens is 1. The van der Waals surface area contributed by atoms with E-state index in [0.29, 0.717) is 6.04 Å². The molecule has 1 aromatic rings. The van der Waals surface area contributed by atoms with Crippen molar-refractivity contribution in [2.24, 2.45) is 5.92 Å². The minimum atomic E-state index is 0. The van der Waals surface area contributed by atoms with Crippen molar-refractivity contribution in [2.75, 3.05) is 13.7 Å². The first-order chi connectivity index (χ1) is 7.34. The maximum absolute atomic E-state index is 5.72. The minimum absolute atomic E-state index is 0. The molecule has 0 spiro atoms. The van der Waals surface area contributed by atoms with E-state index < -0.39 is 0 Å². The van der Waals surface area contributed by atoms with E-state index in [2.05, 4.69) is 16.9 Å². The van der Waals surface area contributed by atoms with Crippen LogP contribution >= 0.6 is 23.7 Å². The van der Waals surface area contributed by atoms with E-state index in [1.54, 1.807) is 17.5 Å². The molecule has 0 N–H and O–H groups in total. The highest BCUT2D eigenvalue weighted by molar-refractivity contribution is 7.11. The van der Waals surface area contributed by atoms with Gasteiger partial charge in [0.2, 0.25) is 0 Å². The lowest BCUT2D eigenvalue weighted by molar-refractivity contribution is 0.118. The van der Waals surface area contributed by atoms with Crippen molar-refractivity contribution >= 4 is 23.7 Å². The summed E-state index contributed by atoms with van der Waals surface area (Å²) in [7, 11) is 2.24. The molecule has 2 fully saturated rings. The number of fused-ring (bicyclic) bond motifs is 2. The number of ether oxygens (including phenoxy) is 1. The van der Waals surface area contributed by atoms with Crippen LogP contribution in [0.5, 0.6) is 5.19 Å². The van der Waals surface area contributed by atoms with Gasteiger partial charge < -0.3 is 4.74 Å². The quantitative estimate of drug-likeness (QED) is 0.835. The molecule has 3 atom stereocenters. The maximum atomic E-state index is 5.72. The largest absolute Gasteiger partial charge is 0.468 e. The SMILES string of the molecule is CN1[C@@H]2CC[C@@H](C2)[C@@H]1COc1nccs1.Cl. The minimum Gasteiger partial charge on any atom is -0.468 e. The monoisotopic (exact) mass is 260 g/mol. The second-order valence-corrected chi connectivity index (χ2v) is 5.43. The van der Waals surface area contributed by atoms with Gasteiger partial charge in [0, 0.05) is 23.7 Å². The first-order valence-electron chi connectivity index (χ1n) is 5.59. The van der Waals surface area contributed by atoms with Crippen LogP contribution in [0.4, 0.5) is 0 Å². The Labute approximate surface area is 106 Å². The highest BCUT2D eigenvalue weighted by atomic mass is 35.5. The van der Waals surface area contributed by atoms with Gasteiger partial charge in [-0.2, -0.15) is 0 Å². The van der Waals surface area contributed by atoms with Gasteiger partial charge in [-0.25, -0.2) is 4.98 Å². The van der Waals surface area contributed by atoms with Crippen LogP contribution in [0.3, 0.4) is 0 Å². The molecule has 1 aliphatic heterocycles. The van der Waals surface area contributed by atoms with E-state index in [0.717, 1.165) is 23.8 Å². The summed E-state index contributed by atoms with van der Waals surface area (Å²) in [5.41, 5.74) is 0. The number of hydrogen-bond acceptors (Lipinski definition) is 4. The number of likely N-dealkylation sites (tertiary alicyclic amines) is 1. The molecule has 90 valence electrons. The predicted molar refractivity (Wildman–Crippen MR) is 67.5 cm³/mol. The fraction of sp³-hybridized carbons (Fsp3) is 0.727. The number of thiazole rings is 1. The molecular formula is C11H17ClN2OS. The lowest BCUT2D eigenvalue weighted by Gasteiger charge is -2.31. The lowest BCUT2D eigenvalue weighted by Crippen LogP contribution is -2.41. The fourth-order valence-corrected chi connectivity index (χ4v) is 3.50. The number of hydrogen-bond donors (Lipinski definition) is 0. The summed E-state index contributed by atoms with van der Waals surface area (Å²) in [6.07, 6.45) is 5.95. The third-order valence-electron chi connectivity index (χ3n) is 3.88. The van der Waals surface area contributed by atoms with Crippen LogP contribution in [0.2, 0.25) is 0 Å². The van der Waals surface area contributed by atoms with Crippen LogP contribution in [0.25, 0.3) is 0 Å². The summed E-state index contributed by atoms with van der Waals surface area (Å²) in [5.74, 6) is 0.861. The Bertz CT molecular complexity index is 331. The molecule has 0 amide bonds. The number of likely N-dealkylation sites (N-methyl/N-ethyl adjacent to an activating group) is 1. The van der Waals surface area contributed by atoms with Gasteiger partial charge in [0.1, 0.15) is 6.61 Å². The Kier molecular flexibility index (Phi) is 3.72. The van der Waals surface area contributed by atoms with Crippen molar-refractivity contribution in [1.29, 1.82) is 0 Å². The van der Waals surface area contributed by atoms with Crippen molar-refractivity contribution in [1.82, 2.24) is 9.88 Å². The highest BCUT2D eigenvalue weighted by Gasteiger charge is 2.43. The summed E-state index contributed by atoms with van der Waals surface area (Å²) < 4.78 is 5.72. The summed E-state index contributed by atoms with van der Waals surface area (Å²) >= 11 is 1.58. The van der Waals surface area contributed by atoms with E-state index in [1.807, 2.05) is 5.38 Å². The number of halogens is 1. The smallest absolute Gasteiger partial charge is 0.273 e. The second kappa shape index (κ2) is 4.90. The Morgan fingerprint density at radius 3 is 3.06 bits per heavy atom. The molecule has 3 nitrogen and oxygen atoms in total. The zero-order chi connectivity index (χ0) is 10.3. The van der Waals surface area contributed by atoms with Gasteiger partial charge in [0.25, 0.3) is 5.19 Å². The normalized spacial score (nSPS) is 32.7. The molecular weight excluding hydrogens is 244 g/mol. The summed E-state index contributed by atoms with van der Waals surface area (Å²) in [4.78, 5) is 6.64. The number of piperidine rings is 1. The average molecular weight is 261 g/mol. The fourth-order valence-electron chi connectivity index (χ4n) is 3.01. The zero-order valence-electron chi connectivity index (χ0n) is 9.33. The van der Waals surface area contributed by atoms with Gasteiger partial charge in [-0.15, -0.1) is 12.4 Å². The molecule has 1 aliphatic carbocycles. The van der Waals surface area contributed by atoms with Crippen molar-refractivity contribution in [3.05, 3.63) is 11.6 Å². The lowest BCUT2D eigenvalue weighted by atomic mass is 10.00. The van der Waals surface area contributed by atoms with Crippen molar-refractivity contribution in [2.45, 2.75) is 31.3 Å². The van der Waals surface area contributed by atoms with E-state index in [9.17, 15) is 0 Å².